The van der Waals surface area contributed by atoms with Gasteiger partial charge in [-0.15, -0.1) is 0 Å². The van der Waals surface area contributed by atoms with Crippen LogP contribution in [0.4, 0.5) is 0 Å². The molecule has 0 amide bonds. The second-order valence-corrected chi connectivity index (χ2v) is 5.35. The second kappa shape index (κ2) is 5.44. The highest BCUT2D eigenvalue weighted by molar-refractivity contribution is 6.42. The Morgan fingerprint density at radius 2 is 1.70 bits per heavy atom. The van der Waals surface area contributed by atoms with Crippen molar-refractivity contribution in [1.82, 2.24) is 10.1 Å². The van der Waals surface area contributed by atoms with Gasteiger partial charge >= 0.3 is 0 Å². The van der Waals surface area contributed by atoms with E-state index in [0.29, 0.717) is 26.5 Å². The number of aromatic nitrogens is 2. The van der Waals surface area contributed by atoms with Gasteiger partial charge in [-0.1, -0.05) is 40.0 Å². The third-order valence-electron chi connectivity index (χ3n) is 2.71. The maximum atomic E-state index is 5.99. The molecule has 20 heavy (non-hydrogen) atoms. The molecule has 0 spiro atoms. The van der Waals surface area contributed by atoms with Crippen molar-refractivity contribution in [3.8, 4) is 22.6 Å². The average molecular weight is 326 g/mol. The molecule has 3 nitrogen and oxygen atoms in total. The first-order chi connectivity index (χ1) is 9.63. The Hall–Kier alpha value is -1.55. The first-order valence-corrected chi connectivity index (χ1v) is 6.80. The molecular weight excluding hydrogens is 319 g/mol. The predicted molar refractivity (Wildman–Crippen MR) is 80.2 cm³/mol. The van der Waals surface area contributed by atoms with E-state index < -0.39 is 0 Å². The molecule has 0 aliphatic heterocycles. The lowest BCUT2D eigenvalue weighted by atomic mass is 10.1. The van der Waals surface area contributed by atoms with Gasteiger partial charge < -0.3 is 4.52 Å². The van der Waals surface area contributed by atoms with Gasteiger partial charge in [0, 0.05) is 29.6 Å². The van der Waals surface area contributed by atoms with Gasteiger partial charge in [0.15, 0.2) is 5.76 Å². The lowest BCUT2D eigenvalue weighted by molar-refractivity contribution is 0.435. The van der Waals surface area contributed by atoms with Crippen LogP contribution in [0.1, 0.15) is 0 Å². The highest BCUT2D eigenvalue weighted by atomic mass is 35.5. The Balaban J connectivity index is 1.99. The molecule has 0 N–H and O–H groups in total. The van der Waals surface area contributed by atoms with Gasteiger partial charge in [-0.2, -0.15) is 0 Å². The molecule has 0 aliphatic carbocycles. The van der Waals surface area contributed by atoms with Crippen molar-refractivity contribution in [3.63, 3.8) is 0 Å². The quantitative estimate of drug-likeness (QED) is 0.636. The van der Waals surface area contributed by atoms with Crippen LogP contribution in [0.3, 0.4) is 0 Å². The normalized spacial score (nSPS) is 10.8. The summed E-state index contributed by atoms with van der Waals surface area (Å²) in [7, 11) is 0. The number of hydrogen-bond donors (Lipinski definition) is 0. The van der Waals surface area contributed by atoms with E-state index >= 15 is 0 Å². The van der Waals surface area contributed by atoms with E-state index in [1.165, 1.54) is 0 Å². The number of pyridine rings is 1. The number of hydrogen-bond acceptors (Lipinski definition) is 3. The van der Waals surface area contributed by atoms with Crippen molar-refractivity contribution in [2.75, 3.05) is 0 Å². The lowest BCUT2D eigenvalue weighted by Crippen LogP contribution is -1.79. The van der Waals surface area contributed by atoms with Crippen molar-refractivity contribution in [2.45, 2.75) is 0 Å². The Labute approximate surface area is 130 Å². The highest BCUT2D eigenvalue weighted by Crippen LogP contribution is 2.31. The van der Waals surface area contributed by atoms with E-state index in [9.17, 15) is 0 Å². The number of benzene rings is 1. The third-order valence-corrected chi connectivity index (χ3v) is 3.66. The molecule has 1 aromatic carbocycles. The molecule has 3 aromatic rings. The monoisotopic (exact) mass is 324 g/mol. The SMILES string of the molecule is Clc1cncc(-c2cc(-c3ccc(Cl)c(Cl)c3)on2)c1. The van der Waals surface area contributed by atoms with Gasteiger partial charge in [0.05, 0.1) is 15.1 Å². The zero-order chi connectivity index (χ0) is 14.1. The van der Waals surface area contributed by atoms with Crippen molar-refractivity contribution in [3.05, 3.63) is 57.8 Å². The summed E-state index contributed by atoms with van der Waals surface area (Å²) in [6.07, 6.45) is 3.23. The Kier molecular flexibility index (Phi) is 3.66. The molecule has 3 rings (SSSR count). The van der Waals surface area contributed by atoms with Gasteiger partial charge in [-0.3, -0.25) is 4.98 Å². The summed E-state index contributed by atoms with van der Waals surface area (Å²) < 4.78 is 5.32. The molecule has 0 radical (unpaired) electrons. The Bertz CT molecular complexity index is 771. The molecular formula is C14H7Cl3N2O. The van der Waals surface area contributed by atoms with Gasteiger partial charge in [0.25, 0.3) is 0 Å². The minimum absolute atomic E-state index is 0.464. The van der Waals surface area contributed by atoms with Crippen LogP contribution in [0.5, 0.6) is 0 Å². The van der Waals surface area contributed by atoms with Crippen molar-refractivity contribution < 1.29 is 4.52 Å². The van der Waals surface area contributed by atoms with Crippen LogP contribution >= 0.6 is 34.8 Å². The van der Waals surface area contributed by atoms with Crippen LogP contribution in [0.25, 0.3) is 22.6 Å². The fourth-order valence-electron chi connectivity index (χ4n) is 1.75. The lowest BCUT2D eigenvalue weighted by Gasteiger charge is -1.98. The van der Waals surface area contributed by atoms with Gasteiger partial charge in [0.1, 0.15) is 5.69 Å². The van der Waals surface area contributed by atoms with Gasteiger partial charge in [-0.05, 0) is 24.3 Å². The Morgan fingerprint density at radius 1 is 0.850 bits per heavy atom. The maximum absolute atomic E-state index is 5.99. The molecule has 0 bridgehead atoms. The van der Waals surface area contributed by atoms with Crippen molar-refractivity contribution in [2.24, 2.45) is 0 Å². The molecule has 6 heteroatoms. The number of nitrogens with zero attached hydrogens (tertiary/aromatic N) is 2. The van der Waals surface area contributed by atoms with E-state index in [1.54, 1.807) is 36.7 Å². The summed E-state index contributed by atoms with van der Waals surface area (Å²) in [5, 5.41) is 5.51. The van der Waals surface area contributed by atoms with Crippen LogP contribution < -0.4 is 0 Å². The zero-order valence-corrected chi connectivity index (χ0v) is 12.2. The average Bonchev–Trinajstić information content (AvgIpc) is 2.92. The van der Waals surface area contributed by atoms with Crippen molar-refractivity contribution in [1.29, 1.82) is 0 Å². The first kappa shape index (κ1) is 13.4. The summed E-state index contributed by atoms with van der Waals surface area (Å²) in [5.74, 6) is 0.596. The summed E-state index contributed by atoms with van der Waals surface area (Å²) in [6.45, 7) is 0. The molecule has 0 unspecified atom stereocenters. The molecule has 0 atom stereocenters. The number of rotatable bonds is 2. The highest BCUT2D eigenvalue weighted by Gasteiger charge is 2.10. The first-order valence-electron chi connectivity index (χ1n) is 5.66. The third kappa shape index (κ3) is 2.66. The molecule has 2 aromatic heterocycles. The summed E-state index contributed by atoms with van der Waals surface area (Å²) in [6, 6.07) is 8.82. The van der Waals surface area contributed by atoms with Crippen LogP contribution in [0.15, 0.2) is 47.2 Å². The minimum Gasteiger partial charge on any atom is -0.356 e. The summed E-state index contributed by atoms with van der Waals surface area (Å²) in [5.41, 5.74) is 2.24. The maximum Gasteiger partial charge on any atom is 0.167 e. The van der Waals surface area contributed by atoms with Crippen LogP contribution in [-0.4, -0.2) is 10.1 Å². The summed E-state index contributed by atoms with van der Waals surface area (Å²) in [4.78, 5) is 4.02. The molecule has 100 valence electrons. The largest absolute Gasteiger partial charge is 0.356 e. The standard InChI is InChI=1S/C14H7Cl3N2O/c15-10-3-9(6-18-7-10)13-5-14(20-19-13)8-1-2-11(16)12(17)4-8/h1-7H. The fourth-order valence-corrected chi connectivity index (χ4v) is 2.22. The van der Waals surface area contributed by atoms with E-state index in [1.807, 2.05) is 6.07 Å². The predicted octanol–water partition coefficient (Wildman–Crippen LogP) is 5.36. The van der Waals surface area contributed by atoms with E-state index in [0.717, 1.165) is 11.1 Å². The minimum atomic E-state index is 0.464. The van der Waals surface area contributed by atoms with E-state index in [4.69, 9.17) is 39.3 Å². The number of halogens is 3. The molecule has 0 saturated carbocycles. The molecule has 2 heterocycles. The van der Waals surface area contributed by atoms with Crippen LogP contribution in [-0.2, 0) is 0 Å². The van der Waals surface area contributed by atoms with Crippen LogP contribution in [0, 0.1) is 0 Å². The fraction of sp³-hybridized carbons (Fsp3) is 0. The topological polar surface area (TPSA) is 38.9 Å². The van der Waals surface area contributed by atoms with Gasteiger partial charge in [-0.25, -0.2) is 0 Å². The molecule has 0 fully saturated rings. The second-order valence-electron chi connectivity index (χ2n) is 4.10. The van der Waals surface area contributed by atoms with Crippen molar-refractivity contribution >= 4 is 34.8 Å². The zero-order valence-electron chi connectivity index (χ0n) is 9.98. The van der Waals surface area contributed by atoms with E-state index in [2.05, 4.69) is 10.1 Å². The smallest absolute Gasteiger partial charge is 0.167 e. The Morgan fingerprint density at radius 3 is 2.45 bits per heavy atom. The van der Waals surface area contributed by atoms with E-state index in [-0.39, 0.29) is 0 Å². The molecule has 0 saturated heterocycles. The van der Waals surface area contributed by atoms with Crippen LogP contribution in [0.2, 0.25) is 15.1 Å². The summed E-state index contributed by atoms with van der Waals surface area (Å²) >= 11 is 17.8. The van der Waals surface area contributed by atoms with Gasteiger partial charge in [0.2, 0.25) is 0 Å². The molecule has 0 aliphatic rings.